The van der Waals surface area contributed by atoms with Crippen LogP contribution < -0.4 is 18.9 Å². The molecule has 0 unspecified atom stereocenters. The smallest absolute Gasteiger partial charge is 0.315 e. The summed E-state index contributed by atoms with van der Waals surface area (Å²) >= 11 is 5.94. The van der Waals surface area contributed by atoms with E-state index in [1.165, 1.54) is 7.11 Å². The van der Waals surface area contributed by atoms with Crippen LogP contribution in [0.5, 0.6) is 23.0 Å². The van der Waals surface area contributed by atoms with Crippen LogP contribution in [0.4, 0.5) is 0 Å². The van der Waals surface area contributed by atoms with Gasteiger partial charge in [-0.1, -0.05) is 11.6 Å². The molecule has 114 valence electrons. The lowest BCUT2D eigenvalue weighted by molar-refractivity contribution is -0.133. The van der Waals surface area contributed by atoms with Gasteiger partial charge in [-0.15, -0.1) is 0 Å². The Bertz CT molecular complexity index is 714. The molecule has 22 heavy (non-hydrogen) atoms. The van der Waals surface area contributed by atoms with Crippen molar-refractivity contribution in [2.75, 3.05) is 13.9 Å². The molecule has 0 aromatic heterocycles. The van der Waals surface area contributed by atoms with Gasteiger partial charge in [-0.25, -0.2) is 0 Å². The highest BCUT2D eigenvalue weighted by molar-refractivity contribution is 6.30. The number of fused-ring (bicyclic) bond motifs is 1. The molecular formula is C16H13ClO5. The van der Waals surface area contributed by atoms with Gasteiger partial charge in [0, 0.05) is 16.7 Å². The lowest BCUT2D eigenvalue weighted by Gasteiger charge is -2.09. The Hall–Kier alpha value is -2.40. The van der Waals surface area contributed by atoms with E-state index in [1.807, 2.05) is 0 Å². The number of rotatable bonds is 4. The molecule has 5 nitrogen and oxygen atoms in total. The Labute approximate surface area is 132 Å². The summed E-state index contributed by atoms with van der Waals surface area (Å²) in [6.07, 6.45) is 0.0537. The molecule has 3 rings (SSSR count). The third-order valence-electron chi connectivity index (χ3n) is 3.15. The Morgan fingerprint density at radius 1 is 1.18 bits per heavy atom. The lowest BCUT2D eigenvalue weighted by Crippen LogP contribution is -2.12. The molecule has 2 aromatic carbocycles. The van der Waals surface area contributed by atoms with Gasteiger partial charge in [0.2, 0.25) is 6.79 Å². The van der Waals surface area contributed by atoms with E-state index in [9.17, 15) is 4.79 Å². The van der Waals surface area contributed by atoms with Crippen LogP contribution in [0.25, 0.3) is 0 Å². The van der Waals surface area contributed by atoms with Crippen LogP contribution in [0, 0.1) is 0 Å². The fourth-order valence-corrected chi connectivity index (χ4v) is 2.34. The van der Waals surface area contributed by atoms with Gasteiger partial charge >= 0.3 is 5.97 Å². The summed E-state index contributed by atoms with van der Waals surface area (Å²) in [5, 5.41) is 0.534. The maximum Gasteiger partial charge on any atom is 0.315 e. The fourth-order valence-electron chi connectivity index (χ4n) is 2.15. The number of hydrogen-bond acceptors (Lipinski definition) is 5. The van der Waals surface area contributed by atoms with Gasteiger partial charge in [-0.05, 0) is 30.3 Å². The van der Waals surface area contributed by atoms with Gasteiger partial charge in [0.25, 0.3) is 0 Å². The van der Waals surface area contributed by atoms with Crippen molar-refractivity contribution in [2.24, 2.45) is 0 Å². The molecule has 0 amide bonds. The molecule has 2 aromatic rings. The summed E-state index contributed by atoms with van der Waals surface area (Å²) in [6.45, 7) is 0.173. The van der Waals surface area contributed by atoms with Gasteiger partial charge in [0.1, 0.15) is 11.5 Å². The van der Waals surface area contributed by atoms with Crippen molar-refractivity contribution < 1.29 is 23.7 Å². The number of ether oxygens (including phenoxy) is 4. The average molecular weight is 321 g/mol. The number of carbonyl (C=O) groups is 1. The first kappa shape index (κ1) is 14.5. The highest BCUT2D eigenvalue weighted by atomic mass is 35.5. The molecule has 0 radical (unpaired) electrons. The van der Waals surface area contributed by atoms with E-state index < -0.39 is 5.97 Å². The van der Waals surface area contributed by atoms with Gasteiger partial charge in [-0.2, -0.15) is 0 Å². The zero-order valence-corrected chi connectivity index (χ0v) is 12.6. The van der Waals surface area contributed by atoms with E-state index in [1.54, 1.807) is 36.4 Å². The number of esters is 1. The number of carbonyl (C=O) groups excluding carboxylic acids is 1. The minimum absolute atomic E-state index is 0.0537. The summed E-state index contributed by atoms with van der Waals surface area (Å²) in [7, 11) is 1.54. The van der Waals surface area contributed by atoms with Gasteiger partial charge < -0.3 is 18.9 Å². The van der Waals surface area contributed by atoms with E-state index in [4.69, 9.17) is 30.5 Å². The van der Waals surface area contributed by atoms with E-state index in [-0.39, 0.29) is 13.2 Å². The van der Waals surface area contributed by atoms with E-state index in [0.29, 0.717) is 33.6 Å². The molecule has 1 heterocycles. The minimum Gasteiger partial charge on any atom is -0.496 e. The molecular weight excluding hydrogens is 308 g/mol. The topological polar surface area (TPSA) is 54.0 Å². The largest absolute Gasteiger partial charge is 0.496 e. The Balaban J connectivity index is 1.71. The molecule has 0 saturated heterocycles. The predicted molar refractivity (Wildman–Crippen MR) is 79.9 cm³/mol. The van der Waals surface area contributed by atoms with Crippen LogP contribution in [0.1, 0.15) is 5.56 Å². The monoisotopic (exact) mass is 320 g/mol. The second-order valence-corrected chi connectivity index (χ2v) is 5.06. The van der Waals surface area contributed by atoms with E-state index >= 15 is 0 Å². The number of methoxy groups -OCH3 is 1. The molecule has 0 atom stereocenters. The van der Waals surface area contributed by atoms with Crippen LogP contribution in [-0.2, 0) is 11.2 Å². The number of benzene rings is 2. The summed E-state index contributed by atoms with van der Waals surface area (Å²) in [6, 6.07) is 10.1. The molecule has 6 heteroatoms. The standard InChI is InChI=1S/C16H13ClO5/c1-19-13-4-2-11(17)6-10(13)7-16(18)22-12-3-5-14-15(8-12)21-9-20-14/h2-6,8H,7,9H2,1H3. The quantitative estimate of drug-likeness (QED) is 0.639. The van der Waals surface area contributed by atoms with Crippen molar-refractivity contribution in [1.82, 2.24) is 0 Å². The van der Waals surface area contributed by atoms with Crippen LogP contribution >= 0.6 is 11.6 Å². The molecule has 0 aliphatic carbocycles. The lowest BCUT2D eigenvalue weighted by atomic mass is 10.1. The normalized spacial score (nSPS) is 12.1. The summed E-state index contributed by atoms with van der Waals surface area (Å²) in [5.74, 6) is 1.77. The van der Waals surface area contributed by atoms with Crippen LogP contribution in [0.15, 0.2) is 36.4 Å². The molecule has 0 spiro atoms. The summed E-state index contributed by atoms with van der Waals surface area (Å²) in [4.78, 5) is 12.1. The molecule has 0 bridgehead atoms. The molecule has 0 N–H and O–H groups in total. The zero-order chi connectivity index (χ0) is 15.5. The van der Waals surface area contributed by atoms with Crippen LogP contribution in [-0.4, -0.2) is 19.9 Å². The van der Waals surface area contributed by atoms with Crippen molar-refractivity contribution >= 4 is 17.6 Å². The zero-order valence-electron chi connectivity index (χ0n) is 11.8. The third-order valence-corrected chi connectivity index (χ3v) is 3.39. The fraction of sp³-hybridized carbons (Fsp3) is 0.188. The van der Waals surface area contributed by atoms with Crippen LogP contribution in [0.2, 0.25) is 5.02 Å². The van der Waals surface area contributed by atoms with Gasteiger partial charge in [-0.3, -0.25) is 4.79 Å². The second-order valence-electron chi connectivity index (χ2n) is 4.62. The van der Waals surface area contributed by atoms with Crippen molar-refractivity contribution in [1.29, 1.82) is 0 Å². The molecule has 1 aliphatic rings. The SMILES string of the molecule is COc1ccc(Cl)cc1CC(=O)Oc1ccc2c(c1)OCO2. The van der Waals surface area contributed by atoms with Crippen LogP contribution in [0.3, 0.4) is 0 Å². The number of hydrogen-bond donors (Lipinski definition) is 0. The van der Waals surface area contributed by atoms with Crippen molar-refractivity contribution in [3.8, 4) is 23.0 Å². The molecule has 0 saturated carbocycles. The number of halogens is 1. The van der Waals surface area contributed by atoms with Gasteiger partial charge in [0.05, 0.1) is 13.5 Å². The Kier molecular flexibility index (Phi) is 4.06. The Morgan fingerprint density at radius 3 is 2.82 bits per heavy atom. The van der Waals surface area contributed by atoms with E-state index in [0.717, 1.165) is 0 Å². The highest BCUT2D eigenvalue weighted by Crippen LogP contribution is 2.35. The van der Waals surface area contributed by atoms with E-state index in [2.05, 4.69) is 0 Å². The van der Waals surface area contributed by atoms with Crippen molar-refractivity contribution in [2.45, 2.75) is 6.42 Å². The highest BCUT2D eigenvalue weighted by Gasteiger charge is 2.16. The second kappa shape index (κ2) is 6.15. The third kappa shape index (κ3) is 3.09. The average Bonchev–Trinajstić information content (AvgIpc) is 2.95. The van der Waals surface area contributed by atoms with Gasteiger partial charge in [0.15, 0.2) is 11.5 Å². The summed E-state index contributed by atoms with van der Waals surface area (Å²) < 4.78 is 21.0. The van der Waals surface area contributed by atoms with Crippen molar-refractivity contribution in [3.63, 3.8) is 0 Å². The summed E-state index contributed by atoms with van der Waals surface area (Å²) in [5.41, 5.74) is 0.667. The maximum absolute atomic E-state index is 12.1. The van der Waals surface area contributed by atoms with Crippen molar-refractivity contribution in [3.05, 3.63) is 47.0 Å². The molecule has 0 fully saturated rings. The predicted octanol–water partition coefficient (Wildman–Crippen LogP) is 3.23. The maximum atomic E-state index is 12.1. The first-order valence-electron chi connectivity index (χ1n) is 6.58. The first-order chi connectivity index (χ1) is 10.7. The minimum atomic E-state index is -0.417. The molecule has 1 aliphatic heterocycles. The Morgan fingerprint density at radius 2 is 2.00 bits per heavy atom. The first-order valence-corrected chi connectivity index (χ1v) is 6.96.